The maximum Gasteiger partial charge on any atom is 0.343 e. The van der Waals surface area contributed by atoms with Crippen molar-refractivity contribution in [1.29, 1.82) is 0 Å². The fraction of sp³-hybridized carbons (Fsp3) is 0.222. The van der Waals surface area contributed by atoms with Crippen LogP contribution in [0.3, 0.4) is 0 Å². The van der Waals surface area contributed by atoms with Gasteiger partial charge in [-0.1, -0.05) is 23.2 Å². The molecule has 156 valence electrons. The fourth-order valence-electron chi connectivity index (χ4n) is 2.45. The van der Waals surface area contributed by atoms with Crippen LogP contribution in [0.4, 0.5) is 0 Å². The van der Waals surface area contributed by atoms with Crippen molar-refractivity contribution >= 4 is 45.0 Å². The van der Waals surface area contributed by atoms with Gasteiger partial charge in [-0.15, -0.1) is 0 Å². The lowest BCUT2D eigenvalue weighted by Crippen LogP contribution is -2.16. The van der Waals surface area contributed by atoms with Gasteiger partial charge in [-0.25, -0.2) is 18.0 Å². The highest BCUT2D eigenvalue weighted by atomic mass is 35.5. The number of sulfone groups is 1. The largest absolute Gasteiger partial charge is 0.507 e. The van der Waals surface area contributed by atoms with Crippen molar-refractivity contribution in [3.8, 4) is 11.5 Å². The summed E-state index contributed by atoms with van der Waals surface area (Å²) < 4.78 is 36.1. The molecule has 0 fully saturated rings. The number of ether oxygens (including phenoxy) is 2. The fourth-order valence-corrected chi connectivity index (χ4v) is 4.76. The van der Waals surface area contributed by atoms with Gasteiger partial charge in [-0.3, -0.25) is 0 Å². The Balaban J connectivity index is 2.94. The Kier molecular flexibility index (Phi) is 6.99. The first-order valence-electron chi connectivity index (χ1n) is 8.19. The van der Waals surface area contributed by atoms with Crippen molar-refractivity contribution in [3.05, 3.63) is 45.4 Å². The Morgan fingerprint density at radius 1 is 1.00 bits per heavy atom. The van der Waals surface area contributed by atoms with Gasteiger partial charge in [0.15, 0.2) is 0 Å². The predicted octanol–water partition coefficient (Wildman–Crippen LogP) is 3.59. The zero-order chi connectivity index (χ0) is 21.9. The molecule has 0 spiro atoms. The predicted molar refractivity (Wildman–Crippen MR) is 104 cm³/mol. The Labute approximate surface area is 176 Å². The summed E-state index contributed by atoms with van der Waals surface area (Å²) >= 11 is 11.8. The second kappa shape index (κ2) is 8.89. The number of hydrogen-bond acceptors (Lipinski definition) is 8. The Morgan fingerprint density at radius 2 is 1.59 bits per heavy atom. The second-order valence-electron chi connectivity index (χ2n) is 5.52. The molecule has 0 atom stereocenters. The number of carbonyl (C=O) groups is 2. The minimum absolute atomic E-state index is 0.0101. The van der Waals surface area contributed by atoms with Crippen molar-refractivity contribution in [3.63, 3.8) is 0 Å². The zero-order valence-corrected chi connectivity index (χ0v) is 17.6. The Hall–Kier alpha value is -2.49. The van der Waals surface area contributed by atoms with Crippen LogP contribution < -0.4 is 0 Å². The van der Waals surface area contributed by atoms with Crippen molar-refractivity contribution in [2.24, 2.45) is 0 Å². The Morgan fingerprint density at radius 3 is 2.17 bits per heavy atom. The van der Waals surface area contributed by atoms with Crippen LogP contribution in [0.2, 0.25) is 10.0 Å². The maximum absolute atomic E-state index is 13.3. The number of hydrogen-bond donors (Lipinski definition) is 2. The zero-order valence-electron chi connectivity index (χ0n) is 15.2. The molecule has 0 saturated carbocycles. The van der Waals surface area contributed by atoms with Gasteiger partial charge in [0, 0.05) is 5.02 Å². The quantitative estimate of drug-likeness (QED) is 0.492. The molecule has 0 aliphatic heterocycles. The molecule has 0 unspecified atom stereocenters. The molecule has 2 aromatic rings. The van der Waals surface area contributed by atoms with Gasteiger partial charge < -0.3 is 19.7 Å². The van der Waals surface area contributed by atoms with Gasteiger partial charge >= 0.3 is 11.9 Å². The summed E-state index contributed by atoms with van der Waals surface area (Å²) in [5.41, 5.74) is -1.51. The first-order chi connectivity index (χ1) is 13.6. The summed E-state index contributed by atoms with van der Waals surface area (Å²) in [7, 11) is -4.75. The highest BCUT2D eigenvalue weighted by Crippen LogP contribution is 2.42. The highest BCUT2D eigenvalue weighted by Gasteiger charge is 2.36. The molecule has 0 amide bonds. The number of aromatic hydroxyl groups is 2. The van der Waals surface area contributed by atoms with Crippen molar-refractivity contribution < 1.29 is 37.7 Å². The Bertz CT molecular complexity index is 1080. The average Bonchev–Trinajstić information content (AvgIpc) is 2.64. The molecule has 29 heavy (non-hydrogen) atoms. The van der Waals surface area contributed by atoms with E-state index in [1.165, 1.54) is 26.0 Å². The average molecular weight is 463 g/mol. The van der Waals surface area contributed by atoms with Crippen LogP contribution in [-0.4, -0.2) is 43.8 Å². The molecule has 2 rings (SSSR count). The molecule has 0 aromatic heterocycles. The summed E-state index contributed by atoms with van der Waals surface area (Å²) in [6.45, 7) is 2.73. The number of carbonyl (C=O) groups excluding carboxylic acids is 2. The highest BCUT2D eigenvalue weighted by molar-refractivity contribution is 7.91. The van der Waals surface area contributed by atoms with Crippen molar-refractivity contribution in [1.82, 2.24) is 0 Å². The molecule has 11 heteroatoms. The van der Waals surface area contributed by atoms with Crippen LogP contribution in [0.5, 0.6) is 11.5 Å². The molecule has 0 aliphatic rings. The third kappa shape index (κ3) is 4.42. The van der Waals surface area contributed by atoms with E-state index in [1.54, 1.807) is 0 Å². The van der Waals surface area contributed by atoms with E-state index in [9.17, 15) is 28.2 Å². The standard InChI is InChI=1S/C18H16Cl2O8S/c1-3-27-17(23)10-8-12(21)14(18(24)28-4-2)16(15(10)22)29(25,26)13-7-9(19)5-6-11(13)20/h5-8,21-22H,3-4H2,1-2H3. The number of esters is 2. The summed E-state index contributed by atoms with van der Waals surface area (Å²) in [5, 5.41) is 20.6. The third-order valence-electron chi connectivity index (χ3n) is 3.66. The van der Waals surface area contributed by atoms with E-state index >= 15 is 0 Å². The van der Waals surface area contributed by atoms with Gasteiger partial charge in [0.25, 0.3) is 0 Å². The number of rotatable bonds is 6. The first kappa shape index (κ1) is 22.8. The molecule has 0 aliphatic carbocycles. The monoisotopic (exact) mass is 462 g/mol. The van der Waals surface area contributed by atoms with Gasteiger partial charge in [-0.2, -0.15) is 0 Å². The molecule has 8 nitrogen and oxygen atoms in total. The minimum Gasteiger partial charge on any atom is -0.507 e. The van der Waals surface area contributed by atoms with Crippen LogP contribution in [0.15, 0.2) is 34.1 Å². The maximum atomic E-state index is 13.3. The van der Waals surface area contributed by atoms with E-state index < -0.39 is 54.2 Å². The molecule has 0 radical (unpaired) electrons. The summed E-state index contributed by atoms with van der Waals surface area (Å²) in [4.78, 5) is 22.9. The van der Waals surface area contributed by atoms with Crippen LogP contribution in [0.1, 0.15) is 34.6 Å². The number of halogens is 2. The molecule has 2 aromatic carbocycles. The van der Waals surface area contributed by atoms with Gasteiger partial charge in [-0.05, 0) is 38.1 Å². The van der Waals surface area contributed by atoms with E-state index in [4.69, 9.17) is 32.7 Å². The molecular weight excluding hydrogens is 447 g/mol. The van der Waals surface area contributed by atoms with Crippen LogP contribution in [-0.2, 0) is 19.3 Å². The number of benzene rings is 2. The molecule has 0 bridgehead atoms. The summed E-state index contributed by atoms with van der Waals surface area (Å²) in [5.74, 6) is -4.34. The molecule has 0 heterocycles. The van der Waals surface area contributed by atoms with E-state index in [1.807, 2.05) is 0 Å². The van der Waals surface area contributed by atoms with Gasteiger partial charge in [0.1, 0.15) is 27.5 Å². The van der Waals surface area contributed by atoms with E-state index in [0.29, 0.717) is 0 Å². The van der Waals surface area contributed by atoms with Gasteiger partial charge in [0.05, 0.1) is 23.1 Å². The van der Waals surface area contributed by atoms with Crippen LogP contribution in [0, 0.1) is 0 Å². The second-order valence-corrected chi connectivity index (χ2v) is 8.21. The van der Waals surface area contributed by atoms with Gasteiger partial charge in [0.2, 0.25) is 9.84 Å². The lowest BCUT2D eigenvalue weighted by molar-refractivity contribution is 0.0500. The smallest absolute Gasteiger partial charge is 0.343 e. The molecule has 2 N–H and O–H groups in total. The van der Waals surface area contributed by atoms with E-state index in [-0.39, 0.29) is 23.3 Å². The normalized spacial score (nSPS) is 11.2. The van der Waals surface area contributed by atoms with Crippen molar-refractivity contribution in [2.75, 3.05) is 13.2 Å². The van der Waals surface area contributed by atoms with Crippen LogP contribution in [0.25, 0.3) is 0 Å². The van der Waals surface area contributed by atoms with Crippen molar-refractivity contribution in [2.45, 2.75) is 23.6 Å². The topological polar surface area (TPSA) is 127 Å². The minimum atomic E-state index is -4.75. The summed E-state index contributed by atoms with van der Waals surface area (Å²) in [6, 6.07) is 4.26. The number of phenols is 2. The molecule has 0 saturated heterocycles. The third-order valence-corrected chi connectivity index (χ3v) is 6.19. The van der Waals surface area contributed by atoms with Crippen LogP contribution >= 0.6 is 23.2 Å². The number of phenolic OH excluding ortho intramolecular Hbond substituents is 2. The lowest BCUT2D eigenvalue weighted by Gasteiger charge is -2.16. The first-order valence-corrected chi connectivity index (χ1v) is 10.4. The SMILES string of the molecule is CCOC(=O)c1cc(O)c(C(=O)OCC)c(S(=O)(=O)c2cc(Cl)ccc2Cl)c1O. The lowest BCUT2D eigenvalue weighted by atomic mass is 10.1. The summed E-state index contributed by atoms with van der Waals surface area (Å²) in [6.07, 6.45) is 0. The molecular formula is C18H16Cl2O8S. The van der Waals surface area contributed by atoms with E-state index in [0.717, 1.165) is 12.1 Å². The van der Waals surface area contributed by atoms with E-state index in [2.05, 4.69) is 0 Å².